The Bertz CT molecular complexity index is 510. The Morgan fingerprint density at radius 2 is 1.95 bits per heavy atom. The molecule has 4 nitrogen and oxygen atoms in total. The van der Waals surface area contributed by atoms with E-state index in [1.807, 2.05) is 0 Å². The molecule has 0 saturated heterocycles. The standard InChI is InChI=1S/C11H10Cl3NO3S/c1-5(16)15-7(11(17)18)4-19-8-3-2-6(12)9(13)10(8)14/h2-3,7H,4H2,1H3,(H,15,16)(H,17,18). The monoisotopic (exact) mass is 341 g/mol. The zero-order chi connectivity index (χ0) is 14.6. The van der Waals surface area contributed by atoms with Crippen LogP contribution >= 0.6 is 46.6 Å². The molecule has 8 heteroatoms. The molecule has 0 aliphatic carbocycles. The molecule has 0 radical (unpaired) electrons. The van der Waals surface area contributed by atoms with Crippen molar-refractivity contribution in [2.45, 2.75) is 17.9 Å². The fourth-order valence-corrected chi connectivity index (χ4v) is 2.93. The summed E-state index contributed by atoms with van der Waals surface area (Å²) in [4.78, 5) is 22.4. The zero-order valence-corrected chi connectivity index (χ0v) is 12.8. The van der Waals surface area contributed by atoms with Gasteiger partial charge in [-0.05, 0) is 12.1 Å². The number of carbonyl (C=O) groups is 2. The normalized spacial score (nSPS) is 12.0. The third-order valence-electron chi connectivity index (χ3n) is 2.08. The minimum absolute atomic E-state index is 0.132. The number of aliphatic carboxylic acids is 1. The van der Waals surface area contributed by atoms with Crippen LogP contribution in [0.3, 0.4) is 0 Å². The fraction of sp³-hybridized carbons (Fsp3) is 0.273. The molecule has 0 saturated carbocycles. The van der Waals surface area contributed by atoms with Gasteiger partial charge in [0.15, 0.2) is 0 Å². The van der Waals surface area contributed by atoms with Gasteiger partial charge in [-0.1, -0.05) is 34.8 Å². The quantitative estimate of drug-likeness (QED) is 0.636. The van der Waals surface area contributed by atoms with Crippen molar-refractivity contribution in [1.29, 1.82) is 0 Å². The molecule has 104 valence electrons. The average Bonchev–Trinajstić information content (AvgIpc) is 2.33. The molecular formula is C11H10Cl3NO3S. The molecule has 0 bridgehead atoms. The number of thioether (sulfide) groups is 1. The summed E-state index contributed by atoms with van der Waals surface area (Å²) < 4.78 is 0. The van der Waals surface area contributed by atoms with Crippen LogP contribution in [0, 0.1) is 0 Å². The topological polar surface area (TPSA) is 66.4 Å². The number of hydrogen-bond donors (Lipinski definition) is 2. The van der Waals surface area contributed by atoms with Crippen molar-refractivity contribution in [3.63, 3.8) is 0 Å². The van der Waals surface area contributed by atoms with Gasteiger partial charge in [-0.3, -0.25) is 4.79 Å². The van der Waals surface area contributed by atoms with E-state index in [2.05, 4.69) is 5.32 Å². The van der Waals surface area contributed by atoms with Crippen LogP contribution in [0.1, 0.15) is 6.92 Å². The first-order chi connectivity index (χ1) is 8.82. The molecule has 2 N–H and O–H groups in total. The summed E-state index contributed by atoms with van der Waals surface area (Å²) in [6.07, 6.45) is 0. The average molecular weight is 343 g/mol. The first kappa shape index (κ1) is 16.4. The molecule has 0 aliphatic heterocycles. The number of amides is 1. The molecule has 1 rings (SSSR count). The predicted molar refractivity (Wildman–Crippen MR) is 77.4 cm³/mol. The van der Waals surface area contributed by atoms with Crippen molar-refractivity contribution < 1.29 is 14.7 Å². The van der Waals surface area contributed by atoms with Gasteiger partial charge in [-0.25, -0.2) is 4.79 Å². The van der Waals surface area contributed by atoms with Crippen molar-refractivity contribution in [3.8, 4) is 0 Å². The minimum Gasteiger partial charge on any atom is -0.480 e. The Kier molecular flexibility index (Phi) is 6.26. The maximum Gasteiger partial charge on any atom is 0.327 e. The summed E-state index contributed by atoms with van der Waals surface area (Å²) in [6, 6.07) is 2.23. The van der Waals surface area contributed by atoms with Crippen molar-refractivity contribution in [3.05, 3.63) is 27.2 Å². The van der Waals surface area contributed by atoms with Gasteiger partial charge in [0, 0.05) is 17.6 Å². The number of rotatable bonds is 5. The highest BCUT2D eigenvalue weighted by Gasteiger charge is 2.19. The molecule has 0 aliphatic rings. The Labute approximate surface area is 129 Å². The van der Waals surface area contributed by atoms with Gasteiger partial charge in [0.05, 0.1) is 15.1 Å². The molecule has 0 spiro atoms. The summed E-state index contributed by atoms with van der Waals surface area (Å²) in [7, 11) is 0. The van der Waals surface area contributed by atoms with Crippen molar-refractivity contribution in [1.82, 2.24) is 5.32 Å². The third-order valence-corrected chi connectivity index (χ3v) is 4.64. The summed E-state index contributed by atoms with van der Waals surface area (Å²) >= 11 is 18.8. The predicted octanol–water partition coefficient (Wildman–Crippen LogP) is 3.33. The summed E-state index contributed by atoms with van der Waals surface area (Å²) in [5.41, 5.74) is 0. The van der Waals surface area contributed by atoms with Crippen LogP contribution in [-0.4, -0.2) is 28.8 Å². The van der Waals surface area contributed by atoms with E-state index in [-0.39, 0.29) is 15.8 Å². The molecule has 1 aromatic carbocycles. The number of carboxylic acids is 1. The molecule has 0 aromatic heterocycles. The summed E-state index contributed by atoms with van der Waals surface area (Å²) in [6.45, 7) is 1.26. The molecule has 19 heavy (non-hydrogen) atoms. The summed E-state index contributed by atoms with van der Waals surface area (Å²) in [5, 5.41) is 12.1. The van der Waals surface area contributed by atoms with Crippen molar-refractivity contribution >= 4 is 58.4 Å². The van der Waals surface area contributed by atoms with Gasteiger partial charge in [0.1, 0.15) is 6.04 Å². The van der Waals surface area contributed by atoms with Gasteiger partial charge in [-0.15, -0.1) is 11.8 Å². The highest BCUT2D eigenvalue weighted by atomic mass is 35.5. The number of nitrogens with one attached hydrogen (secondary N) is 1. The second-order valence-corrected chi connectivity index (χ2v) is 5.80. The lowest BCUT2D eigenvalue weighted by Crippen LogP contribution is -2.41. The van der Waals surface area contributed by atoms with E-state index >= 15 is 0 Å². The van der Waals surface area contributed by atoms with Gasteiger partial charge >= 0.3 is 5.97 Å². The molecular weight excluding hydrogens is 333 g/mol. The zero-order valence-electron chi connectivity index (χ0n) is 9.75. The molecule has 0 fully saturated rings. The lowest BCUT2D eigenvalue weighted by atomic mass is 10.3. The largest absolute Gasteiger partial charge is 0.480 e. The molecule has 1 amide bonds. The van der Waals surface area contributed by atoms with Crippen LogP contribution in [0.4, 0.5) is 0 Å². The highest BCUT2D eigenvalue weighted by Crippen LogP contribution is 2.37. The smallest absolute Gasteiger partial charge is 0.327 e. The fourth-order valence-electron chi connectivity index (χ4n) is 1.21. The van der Waals surface area contributed by atoms with E-state index in [1.165, 1.54) is 18.7 Å². The third kappa shape index (κ3) is 4.76. The first-order valence-corrected chi connectivity index (χ1v) is 7.21. The van der Waals surface area contributed by atoms with Crippen molar-refractivity contribution in [2.24, 2.45) is 0 Å². The number of benzene rings is 1. The number of hydrogen-bond acceptors (Lipinski definition) is 3. The second kappa shape index (κ2) is 7.24. The number of carbonyl (C=O) groups excluding carboxylic acids is 1. The molecule has 1 aromatic rings. The van der Waals surface area contributed by atoms with E-state index in [0.717, 1.165) is 0 Å². The van der Waals surface area contributed by atoms with Crippen LogP contribution in [0.25, 0.3) is 0 Å². The van der Waals surface area contributed by atoms with E-state index < -0.39 is 17.9 Å². The van der Waals surface area contributed by atoms with E-state index in [4.69, 9.17) is 39.9 Å². The van der Waals surface area contributed by atoms with Crippen LogP contribution in [-0.2, 0) is 9.59 Å². The Morgan fingerprint density at radius 1 is 1.32 bits per heavy atom. The van der Waals surface area contributed by atoms with Gasteiger partial charge < -0.3 is 10.4 Å². The van der Waals surface area contributed by atoms with Crippen LogP contribution in [0.2, 0.25) is 15.1 Å². The van der Waals surface area contributed by atoms with Crippen LogP contribution in [0.5, 0.6) is 0 Å². The maximum absolute atomic E-state index is 11.0. The molecule has 1 atom stereocenters. The first-order valence-electron chi connectivity index (χ1n) is 5.09. The van der Waals surface area contributed by atoms with E-state index in [9.17, 15) is 9.59 Å². The summed E-state index contributed by atoms with van der Waals surface area (Å²) in [5.74, 6) is -1.39. The maximum atomic E-state index is 11.0. The van der Waals surface area contributed by atoms with E-state index in [1.54, 1.807) is 12.1 Å². The molecule has 1 unspecified atom stereocenters. The Morgan fingerprint density at radius 3 is 2.47 bits per heavy atom. The Hall–Kier alpha value is -0.620. The van der Waals surface area contributed by atoms with Crippen LogP contribution in [0.15, 0.2) is 17.0 Å². The van der Waals surface area contributed by atoms with Crippen molar-refractivity contribution in [2.75, 3.05) is 5.75 Å². The second-order valence-electron chi connectivity index (χ2n) is 3.58. The van der Waals surface area contributed by atoms with Gasteiger partial charge in [-0.2, -0.15) is 0 Å². The number of carboxylic acid groups (broad SMARTS) is 1. The highest BCUT2D eigenvalue weighted by molar-refractivity contribution is 7.99. The Balaban J connectivity index is 2.77. The number of halogens is 3. The van der Waals surface area contributed by atoms with E-state index in [0.29, 0.717) is 9.92 Å². The van der Waals surface area contributed by atoms with Crippen LogP contribution < -0.4 is 5.32 Å². The SMILES string of the molecule is CC(=O)NC(CSc1ccc(Cl)c(Cl)c1Cl)C(=O)O. The van der Waals surface area contributed by atoms with Gasteiger partial charge in [0.2, 0.25) is 5.91 Å². The molecule has 0 heterocycles. The lowest BCUT2D eigenvalue weighted by Gasteiger charge is -2.13. The van der Waals surface area contributed by atoms with Gasteiger partial charge in [0.25, 0.3) is 0 Å². The lowest BCUT2D eigenvalue weighted by molar-refractivity contribution is -0.140. The minimum atomic E-state index is -1.11.